The number of aliphatic hydroxyl groups is 1. The maximum atomic E-state index is 9.46. The van der Waals surface area contributed by atoms with E-state index in [9.17, 15) is 5.11 Å². The fourth-order valence-electron chi connectivity index (χ4n) is 2.27. The molecule has 0 amide bonds. The minimum absolute atomic E-state index is 0.253. The van der Waals surface area contributed by atoms with Gasteiger partial charge in [0.2, 0.25) is 0 Å². The van der Waals surface area contributed by atoms with Crippen molar-refractivity contribution in [2.45, 2.75) is 32.8 Å². The number of nitrogens with zero attached hydrogens (tertiary/aromatic N) is 1. The number of benzene rings is 1. The number of fused-ring (bicyclic) bond motifs is 1. The number of hydrogen-bond donors (Lipinski definition) is 1. The zero-order valence-electron chi connectivity index (χ0n) is 9.53. The highest BCUT2D eigenvalue weighted by atomic mass is 16.3. The van der Waals surface area contributed by atoms with Crippen molar-refractivity contribution in [1.82, 2.24) is 0 Å². The number of hydrogen-bond acceptors (Lipinski definition) is 2. The molecule has 1 heterocycles. The second kappa shape index (κ2) is 4.23. The van der Waals surface area contributed by atoms with Gasteiger partial charge in [-0.25, -0.2) is 0 Å². The molecule has 1 aromatic rings. The van der Waals surface area contributed by atoms with E-state index in [1.807, 2.05) is 6.92 Å². The van der Waals surface area contributed by atoms with E-state index in [1.165, 1.54) is 29.7 Å². The number of anilines is 1. The number of rotatable bonds is 2. The Kier molecular flexibility index (Phi) is 2.96. The zero-order valence-corrected chi connectivity index (χ0v) is 9.53. The molecule has 2 rings (SSSR count). The van der Waals surface area contributed by atoms with Gasteiger partial charge in [-0.2, -0.15) is 0 Å². The molecule has 0 bridgehead atoms. The Morgan fingerprint density at radius 3 is 3.00 bits per heavy atom. The number of aryl methyl sites for hydroxylation is 2. The lowest BCUT2D eigenvalue weighted by molar-refractivity contribution is 0.199. The van der Waals surface area contributed by atoms with Crippen LogP contribution in [0.1, 0.15) is 24.5 Å². The fraction of sp³-hybridized carbons (Fsp3) is 0.538. The minimum Gasteiger partial charge on any atom is -0.392 e. The summed E-state index contributed by atoms with van der Waals surface area (Å²) in [7, 11) is 0. The van der Waals surface area contributed by atoms with E-state index in [0.717, 1.165) is 13.1 Å². The van der Waals surface area contributed by atoms with Crippen molar-refractivity contribution in [3.63, 3.8) is 0 Å². The van der Waals surface area contributed by atoms with Crippen LogP contribution in [-0.2, 0) is 6.42 Å². The number of β-amino-alcohol motifs (C(OH)–C–C–N with tert-alkyl or cyclic N) is 1. The van der Waals surface area contributed by atoms with E-state index in [0.29, 0.717) is 0 Å². The first kappa shape index (κ1) is 10.5. The van der Waals surface area contributed by atoms with Gasteiger partial charge in [0.25, 0.3) is 0 Å². The van der Waals surface area contributed by atoms with Crippen LogP contribution in [-0.4, -0.2) is 24.3 Å². The molecule has 15 heavy (non-hydrogen) atoms. The molecule has 2 nitrogen and oxygen atoms in total. The second-order valence-corrected chi connectivity index (χ2v) is 4.53. The first-order chi connectivity index (χ1) is 7.16. The molecule has 1 atom stereocenters. The molecule has 0 fully saturated rings. The lowest BCUT2D eigenvalue weighted by Crippen LogP contribution is -2.35. The van der Waals surface area contributed by atoms with Gasteiger partial charge >= 0.3 is 0 Å². The summed E-state index contributed by atoms with van der Waals surface area (Å²) in [5.74, 6) is 0. The van der Waals surface area contributed by atoms with Gasteiger partial charge in [0.05, 0.1) is 6.10 Å². The van der Waals surface area contributed by atoms with E-state index in [4.69, 9.17) is 0 Å². The summed E-state index contributed by atoms with van der Waals surface area (Å²) in [5, 5.41) is 9.46. The summed E-state index contributed by atoms with van der Waals surface area (Å²) in [5.41, 5.74) is 4.04. The van der Waals surface area contributed by atoms with Crippen LogP contribution >= 0.6 is 0 Å². The zero-order chi connectivity index (χ0) is 10.8. The van der Waals surface area contributed by atoms with Crippen LogP contribution in [0.4, 0.5) is 5.69 Å². The molecular weight excluding hydrogens is 186 g/mol. The highest BCUT2D eigenvalue weighted by Crippen LogP contribution is 2.28. The Morgan fingerprint density at radius 1 is 1.47 bits per heavy atom. The van der Waals surface area contributed by atoms with Crippen LogP contribution in [0.15, 0.2) is 18.2 Å². The summed E-state index contributed by atoms with van der Waals surface area (Å²) in [6, 6.07) is 6.63. The third kappa shape index (κ3) is 2.32. The number of aliphatic hydroxyl groups excluding tert-OH is 1. The van der Waals surface area contributed by atoms with E-state index < -0.39 is 0 Å². The topological polar surface area (TPSA) is 23.5 Å². The van der Waals surface area contributed by atoms with Crippen molar-refractivity contribution in [2.75, 3.05) is 18.0 Å². The average Bonchev–Trinajstić information content (AvgIpc) is 2.18. The molecule has 1 aliphatic heterocycles. The van der Waals surface area contributed by atoms with Crippen LogP contribution in [0.5, 0.6) is 0 Å². The monoisotopic (exact) mass is 205 g/mol. The van der Waals surface area contributed by atoms with Crippen LogP contribution in [0.2, 0.25) is 0 Å². The second-order valence-electron chi connectivity index (χ2n) is 4.53. The third-order valence-electron chi connectivity index (χ3n) is 2.94. The molecule has 0 spiro atoms. The Bertz CT molecular complexity index is 346. The highest BCUT2D eigenvalue weighted by molar-refractivity contribution is 5.57. The van der Waals surface area contributed by atoms with Gasteiger partial charge in [-0.1, -0.05) is 12.1 Å². The first-order valence-corrected chi connectivity index (χ1v) is 5.69. The lowest BCUT2D eigenvalue weighted by Gasteiger charge is -2.32. The van der Waals surface area contributed by atoms with Crippen molar-refractivity contribution < 1.29 is 5.11 Å². The third-order valence-corrected chi connectivity index (χ3v) is 2.94. The first-order valence-electron chi connectivity index (χ1n) is 5.69. The van der Waals surface area contributed by atoms with Crippen molar-refractivity contribution in [2.24, 2.45) is 0 Å². The Balaban J connectivity index is 2.28. The van der Waals surface area contributed by atoms with Crippen LogP contribution in [0, 0.1) is 6.92 Å². The van der Waals surface area contributed by atoms with Gasteiger partial charge in [-0.15, -0.1) is 0 Å². The normalized spacial score (nSPS) is 17.4. The van der Waals surface area contributed by atoms with Crippen LogP contribution < -0.4 is 4.90 Å². The molecule has 1 aromatic carbocycles. The van der Waals surface area contributed by atoms with Crippen molar-refractivity contribution in [3.8, 4) is 0 Å². The van der Waals surface area contributed by atoms with Crippen molar-refractivity contribution >= 4 is 5.69 Å². The van der Waals surface area contributed by atoms with E-state index in [-0.39, 0.29) is 6.10 Å². The fourth-order valence-corrected chi connectivity index (χ4v) is 2.27. The lowest BCUT2D eigenvalue weighted by atomic mass is 9.99. The molecule has 82 valence electrons. The quantitative estimate of drug-likeness (QED) is 0.799. The van der Waals surface area contributed by atoms with Gasteiger partial charge in [0.1, 0.15) is 0 Å². The van der Waals surface area contributed by atoms with E-state index in [1.54, 1.807) is 0 Å². The summed E-state index contributed by atoms with van der Waals surface area (Å²) in [6.45, 7) is 5.79. The van der Waals surface area contributed by atoms with Gasteiger partial charge in [-0.3, -0.25) is 0 Å². The summed E-state index contributed by atoms with van der Waals surface area (Å²) >= 11 is 0. The molecule has 1 aliphatic rings. The van der Waals surface area contributed by atoms with Crippen LogP contribution in [0.25, 0.3) is 0 Å². The minimum atomic E-state index is -0.253. The van der Waals surface area contributed by atoms with Crippen LogP contribution in [0.3, 0.4) is 0 Å². The molecule has 0 radical (unpaired) electrons. The highest BCUT2D eigenvalue weighted by Gasteiger charge is 2.17. The Morgan fingerprint density at radius 2 is 2.27 bits per heavy atom. The largest absolute Gasteiger partial charge is 0.392 e. The SMILES string of the molecule is Cc1ccc2c(c1)N(CC(C)O)CCC2. The molecule has 0 aromatic heterocycles. The average molecular weight is 205 g/mol. The van der Waals surface area contributed by atoms with Gasteiger partial charge < -0.3 is 10.0 Å². The standard InChI is InChI=1S/C13H19NO/c1-10-5-6-12-4-3-7-14(9-11(2)15)13(12)8-10/h5-6,8,11,15H,3-4,7,9H2,1-2H3. The smallest absolute Gasteiger partial charge is 0.0687 e. The molecular formula is C13H19NO. The molecule has 2 heteroatoms. The Labute approximate surface area is 91.5 Å². The predicted octanol–water partition coefficient (Wildman–Crippen LogP) is 2.13. The van der Waals surface area contributed by atoms with Gasteiger partial charge in [0, 0.05) is 18.8 Å². The van der Waals surface area contributed by atoms with E-state index >= 15 is 0 Å². The molecule has 0 saturated heterocycles. The van der Waals surface area contributed by atoms with Gasteiger partial charge in [-0.05, 0) is 43.9 Å². The molecule has 1 unspecified atom stereocenters. The van der Waals surface area contributed by atoms with Gasteiger partial charge in [0.15, 0.2) is 0 Å². The maximum absolute atomic E-state index is 9.46. The molecule has 1 N–H and O–H groups in total. The van der Waals surface area contributed by atoms with E-state index in [2.05, 4.69) is 30.0 Å². The predicted molar refractivity (Wildman–Crippen MR) is 63.4 cm³/mol. The summed E-state index contributed by atoms with van der Waals surface area (Å²) in [4.78, 5) is 2.30. The maximum Gasteiger partial charge on any atom is 0.0687 e. The summed E-state index contributed by atoms with van der Waals surface area (Å²) in [6.07, 6.45) is 2.12. The summed E-state index contributed by atoms with van der Waals surface area (Å²) < 4.78 is 0. The molecule has 0 aliphatic carbocycles. The van der Waals surface area contributed by atoms with Crippen molar-refractivity contribution in [3.05, 3.63) is 29.3 Å². The van der Waals surface area contributed by atoms with Crippen molar-refractivity contribution in [1.29, 1.82) is 0 Å². The Hall–Kier alpha value is -1.02. The molecule has 0 saturated carbocycles.